The van der Waals surface area contributed by atoms with Crippen molar-refractivity contribution in [2.45, 2.75) is 46.5 Å². The van der Waals surface area contributed by atoms with Gasteiger partial charge >= 0.3 is 0 Å². The van der Waals surface area contributed by atoms with Gasteiger partial charge in [-0.15, -0.1) is 0 Å². The van der Waals surface area contributed by atoms with Crippen LogP contribution in [0.5, 0.6) is 0 Å². The molecule has 0 saturated carbocycles. The van der Waals surface area contributed by atoms with Crippen LogP contribution in [0, 0.1) is 0 Å². The zero-order valence-electron chi connectivity index (χ0n) is 10.2. The van der Waals surface area contributed by atoms with Crippen LogP contribution in [-0.2, 0) is 21.7 Å². The molecule has 3 nitrogen and oxygen atoms in total. The van der Waals surface area contributed by atoms with E-state index >= 15 is 0 Å². The molecule has 5 heteroatoms. The molecule has 0 heterocycles. The fourth-order valence-corrected chi connectivity index (χ4v) is 0.316. The second kappa shape index (κ2) is 46.2. The van der Waals surface area contributed by atoms with Crippen LogP contribution < -0.4 is 12.4 Å². The van der Waals surface area contributed by atoms with Crippen LogP contribution in [0.4, 0.5) is 0 Å². The van der Waals surface area contributed by atoms with Gasteiger partial charge in [0.1, 0.15) is 0 Å². The van der Waals surface area contributed by atoms with Gasteiger partial charge in [-0.05, 0) is 19.8 Å². The van der Waals surface area contributed by atoms with Gasteiger partial charge in [0.05, 0.1) is 0 Å². The van der Waals surface area contributed by atoms with Gasteiger partial charge in [0.15, 0.2) is 0 Å². The van der Waals surface area contributed by atoms with E-state index in [2.05, 4.69) is 13.8 Å². The molecule has 0 aromatic heterocycles. The minimum Gasteiger partial charge on any atom is -1.00 e. The van der Waals surface area contributed by atoms with Gasteiger partial charge < -0.3 is 27.7 Å². The third-order valence-corrected chi connectivity index (χ3v) is 1.02. The first-order chi connectivity index (χ1) is 6.24. The summed E-state index contributed by atoms with van der Waals surface area (Å²) < 4.78 is 0. The molecule has 0 spiro atoms. The summed E-state index contributed by atoms with van der Waals surface area (Å²) in [6.07, 6.45) is 4.08. The Morgan fingerprint density at radius 3 is 0.933 bits per heavy atom. The minimum atomic E-state index is 0. The van der Waals surface area contributed by atoms with E-state index in [0.717, 1.165) is 25.7 Å². The Balaban J connectivity index is -0.0000000322. The summed E-state index contributed by atoms with van der Waals surface area (Å²) >= 11 is 0. The molecule has 0 radical (unpaired) electrons. The Morgan fingerprint density at radius 2 is 0.933 bits per heavy atom. The number of halogens is 1. The van der Waals surface area contributed by atoms with Crippen LogP contribution in [0.3, 0.4) is 0 Å². The third-order valence-electron chi connectivity index (χ3n) is 1.02. The molecule has 0 aromatic carbocycles. The zero-order chi connectivity index (χ0) is 10.9. The normalized spacial score (nSPS) is 6.80. The molecule has 0 rings (SSSR count). The first kappa shape index (κ1) is 29.7. The summed E-state index contributed by atoms with van der Waals surface area (Å²) in [5.41, 5.74) is 0. The molecule has 15 heavy (non-hydrogen) atoms. The number of hydrogen-bond acceptors (Lipinski definition) is 3. The predicted octanol–water partition coefficient (Wildman–Crippen LogP) is -1.44. The smallest absolute Gasteiger partial charge is 0.0430 e. The molecule has 0 aliphatic carbocycles. The Labute approximate surface area is 116 Å². The summed E-state index contributed by atoms with van der Waals surface area (Å²) in [5, 5.41) is 23.7. The van der Waals surface area contributed by atoms with E-state index in [4.69, 9.17) is 15.3 Å². The molecule has 0 aliphatic heterocycles. The van der Waals surface area contributed by atoms with Crippen LogP contribution in [0.1, 0.15) is 46.5 Å². The van der Waals surface area contributed by atoms with E-state index in [9.17, 15) is 0 Å². The van der Waals surface area contributed by atoms with Gasteiger partial charge in [-0.1, -0.05) is 26.7 Å². The molecular weight excluding hydrogens is 251 g/mol. The van der Waals surface area contributed by atoms with Gasteiger partial charge in [0.2, 0.25) is 0 Å². The molecule has 0 unspecified atom stereocenters. The molecule has 0 aliphatic rings. The maximum atomic E-state index is 8.07. The standard InChI is InChI=1S/2C4H10O.C2H6O.ClH.Ti/c2*1-2-3-4-5;1-2-3;;/h2*5H,2-4H2,1H3;3H,2H2,1H3;1H;/p-1. The van der Waals surface area contributed by atoms with Crippen molar-refractivity contribution in [3.05, 3.63) is 0 Å². The average Bonchev–Trinajstić information content (AvgIpc) is 2.09. The second-order valence-corrected chi connectivity index (χ2v) is 2.47. The Morgan fingerprint density at radius 1 is 0.733 bits per heavy atom. The quantitative estimate of drug-likeness (QED) is 0.552. The third kappa shape index (κ3) is 104. The van der Waals surface area contributed by atoms with E-state index in [1.165, 1.54) is 0 Å². The van der Waals surface area contributed by atoms with Crippen molar-refractivity contribution in [1.82, 2.24) is 0 Å². The van der Waals surface area contributed by atoms with E-state index in [0.29, 0.717) is 13.2 Å². The molecule has 3 N–H and O–H groups in total. The first-order valence-electron chi connectivity index (χ1n) is 5.07. The van der Waals surface area contributed by atoms with E-state index in [1.54, 1.807) is 6.92 Å². The van der Waals surface area contributed by atoms with Crippen LogP contribution in [0.25, 0.3) is 0 Å². The monoisotopic (exact) mass is 277 g/mol. The second-order valence-electron chi connectivity index (χ2n) is 2.47. The summed E-state index contributed by atoms with van der Waals surface area (Å²) in [6, 6.07) is 0. The SMILES string of the molecule is CCCCO.CCCCO.CCO.[Cl-].[Ti]. The zero-order valence-corrected chi connectivity index (χ0v) is 12.5. The number of aliphatic hydroxyl groups is 3. The van der Waals surface area contributed by atoms with Gasteiger partial charge in [-0.2, -0.15) is 0 Å². The van der Waals surface area contributed by atoms with Crippen molar-refractivity contribution in [2.75, 3.05) is 19.8 Å². The van der Waals surface area contributed by atoms with Gasteiger partial charge in [0.25, 0.3) is 0 Å². The molecule has 0 fully saturated rings. The van der Waals surface area contributed by atoms with E-state index in [-0.39, 0.29) is 40.7 Å². The topological polar surface area (TPSA) is 60.7 Å². The molecule has 0 bridgehead atoms. The van der Waals surface area contributed by atoms with Crippen LogP contribution >= 0.6 is 0 Å². The average molecular weight is 278 g/mol. The molecule has 0 amide bonds. The molecule has 0 aromatic rings. The van der Waals surface area contributed by atoms with Crippen LogP contribution in [0.15, 0.2) is 0 Å². The van der Waals surface area contributed by atoms with E-state index in [1.807, 2.05) is 0 Å². The maximum absolute atomic E-state index is 8.07. The van der Waals surface area contributed by atoms with Crippen molar-refractivity contribution >= 4 is 0 Å². The molecule has 0 saturated heterocycles. The Hall–Kier alpha value is 0.884. The van der Waals surface area contributed by atoms with Crippen LogP contribution in [-0.4, -0.2) is 35.1 Å². The van der Waals surface area contributed by atoms with Gasteiger partial charge in [-0.25, -0.2) is 0 Å². The number of rotatable bonds is 4. The van der Waals surface area contributed by atoms with Gasteiger partial charge in [0, 0.05) is 41.5 Å². The summed E-state index contributed by atoms with van der Waals surface area (Å²) in [7, 11) is 0. The summed E-state index contributed by atoms with van der Waals surface area (Å²) in [4.78, 5) is 0. The molecule has 0 atom stereocenters. The number of unbranched alkanes of at least 4 members (excludes halogenated alkanes) is 2. The van der Waals surface area contributed by atoms with Crippen molar-refractivity contribution in [3.8, 4) is 0 Å². The van der Waals surface area contributed by atoms with Crippen molar-refractivity contribution < 1.29 is 49.4 Å². The number of hydrogen-bond donors (Lipinski definition) is 3. The van der Waals surface area contributed by atoms with Crippen molar-refractivity contribution in [1.29, 1.82) is 0 Å². The minimum absolute atomic E-state index is 0. The van der Waals surface area contributed by atoms with E-state index < -0.39 is 0 Å². The Kier molecular flexibility index (Phi) is 91.4. The van der Waals surface area contributed by atoms with Crippen molar-refractivity contribution in [2.24, 2.45) is 0 Å². The predicted molar refractivity (Wildman–Crippen MR) is 56.7 cm³/mol. The van der Waals surface area contributed by atoms with Crippen LogP contribution in [0.2, 0.25) is 0 Å². The summed E-state index contributed by atoms with van der Waals surface area (Å²) in [6.45, 7) is 6.72. The largest absolute Gasteiger partial charge is 1.00 e. The molecular formula is C10H26ClO3Ti-. The maximum Gasteiger partial charge on any atom is 0.0430 e. The fraction of sp³-hybridized carbons (Fsp3) is 1.00. The first-order valence-corrected chi connectivity index (χ1v) is 5.07. The Bertz CT molecular complexity index is 49.9. The van der Waals surface area contributed by atoms with Gasteiger partial charge in [-0.3, -0.25) is 0 Å². The summed E-state index contributed by atoms with van der Waals surface area (Å²) in [5.74, 6) is 0. The molecule has 96 valence electrons. The number of aliphatic hydroxyl groups excluding tert-OH is 3. The van der Waals surface area contributed by atoms with Crippen molar-refractivity contribution in [3.63, 3.8) is 0 Å². The fourth-order valence-electron chi connectivity index (χ4n) is 0.316.